The second kappa shape index (κ2) is 9.28. The normalized spacial score (nSPS) is 29.1. The Hall–Kier alpha value is -2.64. The molecule has 7 nitrogen and oxygen atoms in total. The lowest BCUT2D eigenvalue weighted by molar-refractivity contribution is -0.357. The number of aliphatic hydroxyl groups is 1. The van der Waals surface area contributed by atoms with Gasteiger partial charge in [-0.1, -0.05) is 6.07 Å². The Morgan fingerprint density at radius 2 is 1.86 bits per heavy atom. The third-order valence-corrected chi connectivity index (χ3v) is 7.61. The molecule has 0 saturated heterocycles. The van der Waals surface area contributed by atoms with Gasteiger partial charge in [-0.2, -0.15) is 13.2 Å². The lowest BCUT2D eigenvalue weighted by Gasteiger charge is -2.39. The second-order valence-electron chi connectivity index (χ2n) is 10.1. The predicted molar refractivity (Wildman–Crippen MR) is 116 cm³/mol. The van der Waals surface area contributed by atoms with Crippen LogP contribution in [0.3, 0.4) is 0 Å². The van der Waals surface area contributed by atoms with Crippen molar-refractivity contribution in [1.82, 2.24) is 14.9 Å². The van der Waals surface area contributed by atoms with Crippen molar-refractivity contribution in [2.24, 2.45) is 5.92 Å². The van der Waals surface area contributed by atoms with Gasteiger partial charge in [-0.05, 0) is 42.9 Å². The van der Waals surface area contributed by atoms with Gasteiger partial charge in [-0.25, -0.2) is 4.98 Å². The third kappa shape index (κ3) is 5.34. The fourth-order valence-electron chi connectivity index (χ4n) is 5.68. The highest BCUT2D eigenvalue weighted by Gasteiger charge is 2.57. The number of imidazole rings is 1. The Morgan fingerprint density at radius 3 is 2.51 bits per heavy atom. The maximum absolute atomic E-state index is 13.0. The average molecular weight is 533 g/mol. The molecule has 0 radical (unpaired) electrons. The van der Waals surface area contributed by atoms with Crippen LogP contribution in [0, 0.1) is 5.92 Å². The molecule has 2 aromatic rings. The zero-order chi connectivity index (χ0) is 26.6. The number of carbonyl (C=O) groups excluding carboxylic acids is 1. The Balaban J connectivity index is 1.15. The molecule has 1 aromatic carbocycles. The molecule has 1 heterocycles. The topological polar surface area (TPSA) is 85.6 Å². The van der Waals surface area contributed by atoms with E-state index in [2.05, 4.69) is 15.0 Å². The van der Waals surface area contributed by atoms with Crippen LogP contribution in [0.4, 0.5) is 26.3 Å². The zero-order valence-electron chi connectivity index (χ0n) is 19.5. The van der Waals surface area contributed by atoms with Crippen molar-refractivity contribution in [1.29, 1.82) is 0 Å². The molecule has 1 unspecified atom stereocenters. The first-order valence-corrected chi connectivity index (χ1v) is 11.9. The number of rotatable bonds is 8. The number of alkyl halides is 6. The molecule has 6 rings (SSSR count). The summed E-state index contributed by atoms with van der Waals surface area (Å²) in [5, 5.41) is 12.6. The van der Waals surface area contributed by atoms with Gasteiger partial charge in [0.25, 0.3) is 0 Å². The molecule has 4 aliphatic rings. The van der Waals surface area contributed by atoms with Crippen LogP contribution in [0.15, 0.2) is 30.7 Å². The van der Waals surface area contributed by atoms with Gasteiger partial charge in [0.05, 0.1) is 36.4 Å². The van der Waals surface area contributed by atoms with Crippen molar-refractivity contribution in [2.45, 2.75) is 75.0 Å². The van der Waals surface area contributed by atoms with Gasteiger partial charge in [0.1, 0.15) is 6.61 Å². The summed E-state index contributed by atoms with van der Waals surface area (Å²) >= 11 is 0. The first-order valence-electron chi connectivity index (χ1n) is 11.9. The fraction of sp³-hybridized carbons (Fsp3) is 0.583. The number of ether oxygens (including phenoxy) is 2. The van der Waals surface area contributed by atoms with E-state index in [4.69, 9.17) is 4.74 Å². The largest absolute Gasteiger partial charge is 0.522 e. The molecule has 202 valence electrons. The Bertz CT molecular complexity index is 1150. The maximum Gasteiger partial charge on any atom is 0.522 e. The van der Waals surface area contributed by atoms with E-state index in [0.717, 1.165) is 25.0 Å². The van der Waals surface area contributed by atoms with E-state index in [9.17, 15) is 36.2 Å². The Morgan fingerprint density at radius 1 is 1.14 bits per heavy atom. The number of hydrogen-bond donors (Lipinski definition) is 2. The molecule has 4 fully saturated rings. The minimum Gasteiger partial charge on any atom is -0.392 e. The minimum absolute atomic E-state index is 0.0852. The van der Waals surface area contributed by atoms with Gasteiger partial charge < -0.3 is 19.7 Å². The number of amides is 1. The SMILES string of the molecule is O=C(CO[C@H]1C[C@@H](OC(F)(F)F)C1)NC1CC2(n3cnc(-c4ccc(C(F)(F)F)cc4CO)c3)CC1C2. The van der Waals surface area contributed by atoms with Crippen LogP contribution < -0.4 is 5.32 Å². The summed E-state index contributed by atoms with van der Waals surface area (Å²) in [5.74, 6) is -0.0845. The summed E-state index contributed by atoms with van der Waals surface area (Å²) in [4.78, 5) is 16.7. The minimum atomic E-state index is -4.68. The molecule has 4 saturated carbocycles. The molecule has 37 heavy (non-hydrogen) atoms. The highest BCUT2D eigenvalue weighted by atomic mass is 19.4. The fourth-order valence-corrected chi connectivity index (χ4v) is 5.68. The van der Waals surface area contributed by atoms with Crippen molar-refractivity contribution in [3.05, 3.63) is 41.9 Å². The van der Waals surface area contributed by atoms with Gasteiger partial charge in [-0.3, -0.25) is 9.53 Å². The predicted octanol–water partition coefficient (Wildman–Crippen LogP) is 4.14. The van der Waals surface area contributed by atoms with Crippen molar-refractivity contribution < 1.29 is 45.7 Å². The highest BCUT2D eigenvalue weighted by molar-refractivity contribution is 5.77. The number of fused-ring (bicyclic) bond motifs is 1. The van der Waals surface area contributed by atoms with Gasteiger partial charge in [0.2, 0.25) is 5.91 Å². The number of aromatic nitrogens is 2. The van der Waals surface area contributed by atoms with Gasteiger partial charge >= 0.3 is 12.5 Å². The summed E-state index contributed by atoms with van der Waals surface area (Å²) in [7, 11) is 0. The van der Waals surface area contributed by atoms with E-state index in [1.54, 1.807) is 12.5 Å². The van der Waals surface area contributed by atoms with Gasteiger partial charge in [0, 0.05) is 36.2 Å². The standard InChI is InChI=1S/C24H25F6N3O4/c25-23(26,27)15-1-2-18(13(3-15)10-34)20-9-33(12-31-20)22-6-14(7-22)19(8-22)32-21(35)11-36-16-4-17(5-16)37-24(28,29)30/h1-3,9,12,14,16-17,19,34H,4-8,10-11H2,(H,32,35)/t14?,16-,17+,19?,22?. The molecule has 13 heteroatoms. The Kier molecular flexibility index (Phi) is 6.52. The molecule has 0 spiro atoms. The molecule has 0 aliphatic heterocycles. The molecule has 1 amide bonds. The van der Waals surface area contributed by atoms with E-state index < -0.39 is 36.9 Å². The van der Waals surface area contributed by atoms with E-state index in [-0.39, 0.29) is 48.4 Å². The van der Waals surface area contributed by atoms with Gasteiger partial charge in [0.15, 0.2) is 0 Å². The molecular weight excluding hydrogens is 508 g/mol. The molecule has 2 N–H and O–H groups in total. The van der Waals surface area contributed by atoms with Crippen LogP contribution in [0.5, 0.6) is 0 Å². The average Bonchev–Trinajstić information content (AvgIpc) is 3.46. The van der Waals surface area contributed by atoms with E-state index >= 15 is 0 Å². The van der Waals surface area contributed by atoms with Crippen LogP contribution in [0.25, 0.3) is 11.3 Å². The van der Waals surface area contributed by atoms with Crippen LogP contribution >= 0.6 is 0 Å². The zero-order valence-corrected chi connectivity index (χ0v) is 19.5. The van der Waals surface area contributed by atoms with Crippen molar-refractivity contribution in [3.8, 4) is 11.3 Å². The van der Waals surface area contributed by atoms with E-state index in [1.165, 1.54) is 6.07 Å². The summed E-state index contributed by atoms with van der Waals surface area (Å²) in [6.07, 6.45) is -4.80. The highest BCUT2D eigenvalue weighted by Crippen LogP contribution is 2.57. The first-order chi connectivity index (χ1) is 17.3. The lowest BCUT2D eigenvalue weighted by atomic mass is 9.76. The summed E-state index contributed by atoms with van der Waals surface area (Å²) in [5.41, 5.74) is -0.116. The van der Waals surface area contributed by atoms with Crippen LogP contribution in [0.2, 0.25) is 0 Å². The molecular formula is C24H25F6N3O4. The summed E-state index contributed by atoms with van der Waals surface area (Å²) in [6, 6.07) is 3.09. The smallest absolute Gasteiger partial charge is 0.392 e. The summed E-state index contributed by atoms with van der Waals surface area (Å²) < 4.78 is 86.9. The van der Waals surface area contributed by atoms with Crippen LogP contribution in [0.1, 0.15) is 43.2 Å². The van der Waals surface area contributed by atoms with Crippen molar-refractivity contribution >= 4 is 5.91 Å². The maximum atomic E-state index is 13.0. The molecule has 1 aromatic heterocycles. The quantitative estimate of drug-likeness (QED) is 0.499. The molecule has 2 bridgehead atoms. The number of nitrogens with zero attached hydrogens (tertiary/aromatic N) is 2. The second-order valence-corrected chi connectivity index (χ2v) is 10.1. The van der Waals surface area contributed by atoms with Crippen LogP contribution in [-0.2, 0) is 32.6 Å². The first kappa shape index (κ1) is 26.0. The number of halogens is 6. The molecule has 4 aliphatic carbocycles. The number of nitrogens with one attached hydrogen (secondary N) is 1. The number of benzene rings is 1. The van der Waals surface area contributed by atoms with E-state index in [0.29, 0.717) is 17.7 Å². The monoisotopic (exact) mass is 533 g/mol. The van der Waals surface area contributed by atoms with Crippen molar-refractivity contribution in [2.75, 3.05) is 6.61 Å². The third-order valence-electron chi connectivity index (χ3n) is 7.61. The van der Waals surface area contributed by atoms with Crippen molar-refractivity contribution in [3.63, 3.8) is 0 Å². The number of carbonyl (C=O) groups is 1. The van der Waals surface area contributed by atoms with Gasteiger partial charge in [-0.15, -0.1) is 13.2 Å². The number of aliphatic hydroxyl groups excluding tert-OH is 1. The lowest BCUT2D eigenvalue weighted by Crippen LogP contribution is -2.44. The summed E-state index contributed by atoms with van der Waals surface area (Å²) in [6.45, 7) is -0.806. The Labute approximate surface area is 207 Å². The van der Waals surface area contributed by atoms with Crippen LogP contribution in [-0.4, -0.2) is 51.8 Å². The number of hydrogen-bond acceptors (Lipinski definition) is 5. The van der Waals surface area contributed by atoms with E-state index in [1.807, 2.05) is 4.57 Å². The molecule has 1 atom stereocenters.